The molecular weight excluding hydrogens is 223 g/mol. The highest BCUT2D eigenvalue weighted by Crippen LogP contribution is 2.23. The number of benzene rings is 1. The molecule has 0 spiro atoms. The van der Waals surface area contributed by atoms with E-state index in [-0.39, 0.29) is 5.56 Å². The fraction of sp³-hybridized carbons (Fsp3) is 0.250. The predicted molar refractivity (Wildman–Crippen MR) is 49.2 cm³/mol. The number of hydrogen-bond donors (Lipinski definition) is 0. The average molecular weight is 230 g/mol. The molecular formula is C8H7FN2O5. The second kappa shape index (κ2) is 5.01. The molecule has 0 saturated carbocycles. The first-order chi connectivity index (χ1) is 7.52. The van der Waals surface area contributed by atoms with Crippen LogP contribution in [0, 0.1) is 20.2 Å². The molecule has 0 aliphatic rings. The Balaban J connectivity index is 2.96. The Morgan fingerprint density at radius 1 is 1.19 bits per heavy atom. The third kappa shape index (κ3) is 2.87. The van der Waals surface area contributed by atoms with Crippen LogP contribution in [0.1, 0.15) is 11.7 Å². The van der Waals surface area contributed by atoms with Crippen molar-refractivity contribution < 1.29 is 19.2 Å². The monoisotopic (exact) mass is 230 g/mol. The number of rotatable bonds is 5. The molecule has 0 fully saturated rings. The van der Waals surface area contributed by atoms with Crippen molar-refractivity contribution in [1.82, 2.24) is 0 Å². The molecule has 2 unspecified atom stereocenters. The van der Waals surface area contributed by atoms with E-state index in [1.807, 2.05) is 0 Å². The van der Waals surface area contributed by atoms with Crippen LogP contribution in [0.25, 0.3) is 0 Å². The fourth-order valence-electron chi connectivity index (χ4n) is 1.12. The summed E-state index contributed by atoms with van der Waals surface area (Å²) in [5.74, 6) is 0. The summed E-state index contributed by atoms with van der Waals surface area (Å²) in [5, 5.41) is 19.1. The molecule has 8 heteroatoms. The van der Waals surface area contributed by atoms with Crippen molar-refractivity contribution in [2.24, 2.45) is 0 Å². The Hall–Kier alpha value is -2.25. The molecule has 0 N–H and O–H groups in total. The van der Waals surface area contributed by atoms with Gasteiger partial charge in [0.05, 0.1) is 4.92 Å². The van der Waals surface area contributed by atoms with E-state index >= 15 is 0 Å². The maximum atomic E-state index is 13.1. The van der Waals surface area contributed by atoms with Gasteiger partial charge in [-0.25, -0.2) is 0 Å². The van der Waals surface area contributed by atoms with Crippen molar-refractivity contribution in [2.75, 3.05) is 0 Å². The van der Waals surface area contributed by atoms with Gasteiger partial charge >= 0.3 is 6.30 Å². The summed E-state index contributed by atoms with van der Waals surface area (Å²) in [6.07, 6.45) is -4.54. The van der Waals surface area contributed by atoms with Crippen LogP contribution >= 0.6 is 0 Å². The van der Waals surface area contributed by atoms with Gasteiger partial charge in [-0.3, -0.25) is 15.0 Å². The maximum absolute atomic E-state index is 13.1. The summed E-state index contributed by atoms with van der Waals surface area (Å²) in [4.78, 5) is 23.0. The van der Waals surface area contributed by atoms with Gasteiger partial charge in [0.15, 0.2) is 0 Å². The Labute approximate surface area is 88.7 Å². The van der Waals surface area contributed by atoms with E-state index in [4.69, 9.17) is 0 Å². The van der Waals surface area contributed by atoms with Gasteiger partial charge in [-0.15, -0.1) is 10.1 Å². The standard InChI is InChI=1S/C8H7FN2O5/c9-8(10(12)13)7(16-11(14)15)6-4-2-1-3-5-6/h1-5,7-8H. The lowest BCUT2D eigenvalue weighted by Crippen LogP contribution is -2.26. The Morgan fingerprint density at radius 2 is 1.75 bits per heavy atom. The van der Waals surface area contributed by atoms with Gasteiger partial charge in [-0.2, -0.15) is 4.39 Å². The predicted octanol–water partition coefficient (Wildman–Crippen LogP) is 1.51. The summed E-state index contributed by atoms with van der Waals surface area (Å²) in [6, 6.07) is 7.15. The maximum Gasteiger partial charge on any atom is 0.379 e. The molecule has 16 heavy (non-hydrogen) atoms. The van der Waals surface area contributed by atoms with E-state index in [0.717, 1.165) is 0 Å². The van der Waals surface area contributed by atoms with Crippen LogP contribution in [-0.2, 0) is 4.84 Å². The second-order valence-corrected chi connectivity index (χ2v) is 2.82. The number of hydrogen-bond acceptors (Lipinski definition) is 5. The van der Waals surface area contributed by atoms with Gasteiger partial charge in [0.2, 0.25) is 6.10 Å². The van der Waals surface area contributed by atoms with Crippen LogP contribution in [0.5, 0.6) is 0 Å². The van der Waals surface area contributed by atoms with E-state index in [2.05, 4.69) is 4.84 Å². The average Bonchev–Trinajstić information content (AvgIpc) is 2.26. The molecule has 0 heterocycles. The van der Waals surface area contributed by atoms with E-state index < -0.39 is 22.4 Å². The van der Waals surface area contributed by atoms with Crippen molar-refractivity contribution in [1.29, 1.82) is 0 Å². The molecule has 0 saturated heterocycles. The van der Waals surface area contributed by atoms with Gasteiger partial charge in [0.1, 0.15) is 0 Å². The number of nitro groups is 1. The molecule has 0 aromatic heterocycles. The Morgan fingerprint density at radius 3 is 2.19 bits per heavy atom. The van der Waals surface area contributed by atoms with Crippen LogP contribution in [0.2, 0.25) is 0 Å². The summed E-state index contributed by atoms with van der Waals surface area (Å²) in [5.41, 5.74) is 0.0309. The topological polar surface area (TPSA) is 95.5 Å². The fourth-order valence-corrected chi connectivity index (χ4v) is 1.12. The number of nitrogens with zero attached hydrogens (tertiary/aromatic N) is 2. The zero-order valence-electron chi connectivity index (χ0n) is 7.86. The molecule has 1 aromatic rings. The molecule has 2 atom stereocenters. The quantitative estimate of drug-likeness (QED) is 0.434. The third-order valence-corrected chi connectivity index (χ3v) is 1.78. The normalized spacial score (nSPS) is 13.8. The largest absolute Gasteiger partial charge is 0.379 e. The zero-order chi connectivity index (χ0) is 12.1. The summed E-state index contributed by atoms with van der Waals surface area (Å²) in [6.45, 7) is 0. The van der Waals surface area contributed by atoms with Crippen LogP contribution < -0.4 is 0 Å². The lowest BCUT2D eigenvalue weighted by Gasteiger charge is -2.13. The van der Waals surface area contributed by atoms with E-state index in [1.54, 1.807) is 6.07 Å². The number of alkyl halides is 1. The van der Waals surface area contributed by atoms with E-state index in [9.17, 15) is 24.6 Å². The number of halogens is 1. The van der Waals surface area contributed by atoms with Crippen molar-refractivity contribution in [3.63, 3.8) is 0 Å². The van der Waals surface area contributed by atoms with Crippen molar-refractivity contribution in [2.45, 2.75) is 12.4 Å². The first-order valence-corrected chi connectivity index (χ1v) is 4.16. The summed E-state index contributed by atoms with van der Waals surface area (Å²) >= 11 is 0. The minimum Gasteiger partial charge on any atom is -0.295 e. The van der Waals surface area contributed by atoms with Gasteiger partial charge in [-0.05, 0) is 5.56 Å². The summed E-state index contributed by atoms with van der Waals surface area (Å²) < 4.78 is 13.1. The molecule has 1 rings (SSSR count). The van der Waals surface area contributed by atoms with Crippen LogP contribution in [0.3, 0.4) is 0 Å². The SMILES string of the molecule is O=[N+]([O-])OC(c1ccccc1)C(F)[N+](=O)[O-]. The molecule has 1 aromatic carbocycles. The van der Waals surface area contributed by atoms with Gasteiger partial charge in [0, 0.05) is 0 Å². The molecule has 0 aliphatic carbocycles. The van der Waals surface area contributed by atoms with Gasteiger partial charge in [-0.1, -0.05) is 30.3 Å². The Bertz CT molecular complexity index is 385. The smallest absolute Gasteiger partial charge is 0.295 e. The van der Waals surface area contributed by atoms with Gasteiger partial charge < -0.3 is 0 Å². The molecule has 86 valence electrons. The van der Waals surface area contributed by atoms with Crippen molar-refractivity contribution in [3.8, 4) is 0 Å². The van der Waals surface area contributed by atoms with Crippen LogP contribution in [0.15, 0.2) is 30.3 Å². The lowest BCUT2D eigenvalue weighted by atomic mass is 10.1. The minimum absolute atomic E-state index is 0.0309. The van der Waals surface area contributed by atoms with Crippen molar-refractivity contribution >= 4 is 0 Å². The Kier molecular flexibility index (Phi) is 3.70. The third-order valence-electron chi connectivity index (χ3n) is 1.78. The van der Waals surface area contributed by atoms with E-state index in [1.165, 1.54) is 24.3 Å². The molecule has 0 radical (unpaired) electrons. The first kappa shape index (κ1) is 11.8. The van der Waals surface area contributed by atoms with Crippen LogP contribution in [-0.4, -0.2) is 16.3 Å². The lowest BCUT2D eigenvalue weighted by molar-refractivity contribution is -0.784. The molecule has 7 nitrogen and oxygen atoms in total. The second-order valence-electron chi connectivity index (χ2n) is 2.82. The molecule has 0 bridgehead atoms. The highest BCUT2D eigenvalue weighted by atomic mass is 19.1. The summed E-state index contributed by atoms with van der Waals surface area (Å²) in [7, 11) is 0. The first-order valence-electron chi connectivity index (χ1n) is 4.16. The van der Waals surface area contributed by atoms with Gasteiger partial charge in [0.25, 0.3) is 5.09 Å². The minimum atomic E-state index is -2.69. The van der Waals surface area contributed by atoms with E-state index in [0.29, 0.717) is 0 Å². The zero-order valence-corrected chi connectivity index (χ0v) is 7.86. The highest BCUT2D eigenvalue weighted by molar-refractivity contribution is 5.17. The molecule has 0 aliphatic heterocycles. The van der Waals surface area contributed by atoms with Crippen LogP contribution in [0.4, 0.5) is 4.39 Å². The highest BCUT2D eigenvalue weighted by Gasteiger charge is 2.35. The van der Waals surface area contributed by atoms with Crippen molar-refractivity contribution in [3.05, 3.63) is 56.1 Å². The molecule has 0 amide bonds.